The second-order valence-corrected chi connectivity index (χ2v) is 11.4. The zero-order valence-corrected chi connectivity index (χ0v) is 24.0. The minimum absolute atomic E-state index is 0. The van der Waals surface area contributed by atoms with Gasteiger partial charge in [-0.05, 0) is 89.2 Å². The fourth-order valence-electron chi connectivity index (χ4n) is 4.17. The predicted octanol–water partition coefficient (Wildman–Crippen LogP) is 6.36. The monoisotopic (exact) mass is 566 g/mol. The number of benzene rings is 2. The minimum Gasteiger partial charge on any atom is -0.462 e. The summed E-state index contributed by atoms with van der Waals surface area (Å²) in [7, 11) is -0.891. The number of esters is 1. The molecular weight excluding hydrogens is 531 g/mol. The first-order valence-corrected chi connectivity index (χ1v) is 13.9. The van der Waals surface area contributed by atoms with Crippen LogP contribution >= 0.6 is 7.92 Å². The van der Waals surface area contributed by atoms with Gasteiger partial charge in [-0.15, -0.1) is 6.58 Å². The van der Waals surface area contributed by atoms with Gasteiger partial charge in [-0.1, -0.05) is 73.2 Å². The van der Waals surface area contributed by atoms with Crippen LogP contribution in [-0.2, 0) is 31.4 Å². The van der Waals surface area contributed by atoms with Crippen molar-refractivity contribution in [2.24, 2.45) is 5.92 Å². The van der Waals surface area contributed by atoms with E-state index in [1.54, 1.807) is 0 Å². The van der Waals surface area contributed by atoms with E-state index >= 15 is 0 Å². The van der Waals surface area contributed by atoms with Crippen molar-refractivity contribution in [2.45, 2.75) is 39.2 Å². The largest absolute Gasteiger partial charge is 2.00 e. The Bertz CT molecular complexity index is 914. The second-order valence-electron chi connectivity index (χ2n) is 9.23. The van der Waals surface area contributed by atoms with Crippen molar-refractivity contribution in [3.63, 3.8) is 0 Å². The quantitative estimate of drug-likeness (QED) is 0.105. The van der Waals surface area contributed by atoms with E-state index in [1.807, 2.05) is 102 Å². The number of carbonyl (C=O) groups excluding carboxylic acids is 2. The van der Waals surface area contributed by atoms with Crippen molar-refractivity contribution in [3.05, 3.63) is 136 Å². The molecule has 2 atom stereocenters. The van der Waals surface area contributed by atoms with Crippen molar-refractivity contribution < 1.29 is 31.4 Å². The summed E-state index contributed by atoms with van der Waals surface area (Å²) in [5.41, 5.74) is 1.96. The molecule has 2 aliphatic rings. The van der Waals surface area contributed by atoms with Crippen LogP contribution in [0.5, 0.6) is 0 Å². The minimum atomic E-state index is -0.891. The Hall–Kier alpha value is -1.73. The molecule has 10 radical (unpaired) electrons. The Balaban J connectivity index is 0.000000756. The Morgan fingerprint density at radius 1 is 0.895 bits per heavy atom. The molecule has 0 spiro atoms. The number of carbonyl (C=O) groups is 2. The predicted molar refractivity (Wildman–Crippen MR) is 154 cm³/mol. The van der Waals surface area contributed by atoms with Gasteiger partial charge in [0.25, 0.3) is 0 Å². The molecule has 3 nitrogen and oxygen atoms in total. The summed E-state index contributed by atoms with van der Waals surface area (Å²) in [6.45, 7) is 7.93. The van der Waals surface area contributed by atoms with Crippen molar-refractivity contribution >= 4 is 30.8 Å². The van der Waals surface area contributed by atoms with E-state index in [0.29, 0.717) is 25.2 Å². The van der Waals surface area contributed by atoms with Crippen LogP contribution < -0.4 is 10.6 Å². The van der Waals surface area contributed by atoms with E-state index in [0.717, 1.165) is 17.5 Å². The fraction of sp³-hybridized carbons (Fsp3) is 0.212. The molecule has 2 aromatic carbocycles. The first kappa shape index (κ1) is 32.5. The molecule has 0 bridgehead atoms. The van der Waals surface area contributed by atoms with Crippen LogP contribution in [0.4, 0.5) is 0 Å². The van der Waals surface area contributed by atoms with Gasteiger partial charge in [0, 0.05) is 18.5 Å². The first-order chi connectivity index (χ1) is 18.0. The van der Waals surface area contributed by atoms with E-state index in [4.69, 9.17) is 4.74 Å². The van der Waals surface area contributed by atoms with E-state index in [9.17, 15) is 9.59 Å². The summed E-state index contributed by atoms with van der Waals surface area (Å²) in [6, 6.07) is 20.6. The fourth-order valence-corrected chi connectivity index (χ4v) is 6.60. The van der Waals surface area contributed by atoms with Crippen molar-refractivity contribution in [1.29, 1.82) is 0 Å². The molecule has 0 aliphatic heterocycles. The summed E-state index contributed by atoms with van der Waals surface area (Å²) < 4.78 is 5.98. The smallest absolute Gasteiger partial charge is 0.462 e. The number of hydrogen-bond donors (Lipinski definition) is 0. The molecule has 2 aromatic rings. The maximum Gasteiger partial charge on any atom is 2.00 e. The van der Waals surface area contributed by atoms with E-state index in [2.05, 4.69) is 30.8 Å². The van der Waals surface area contributed by atoms with Crippen LogP contribution in [0, 0.1) is 68.9 Å². The molecule has 2 saturated carbocycles. The maximum absolute atomic E-state index is 13.3. The van der Waals surface area contributed by atoms with Gasteiger partial charge in [-0.3, -0.25) is 4.79 Å². The molecule has 0 aromatic heterocycles. The summed E-state index contributed by atoms with van der Waals surface area (Å²) >= 11 is 0. The second kappa shape index (κ2) is 17.8. The average Bonchev–Trinajstić information content (AvgIpc) is 3.61. The van der Waals surface area contributed by atoms with Gasteiger partial charge in [0.05, 0.1) is 0 Å². The number of hydrogen-bond acceptors (Lipinski definition) is 3. The average molecular weight is 566 g/mol. The maximum atomic E-state index is 13.3. The van der Waals surface area contributed by atoms with Gasteiger partial charge in [0.1, 0.15) is 18.3 Å². The van der Waals surface area contributed by atoms with E-state index in [-0.39, 0.29) is 35.1 Å². The van der Waals surface area contributed by atoms with E-state index in [1.165, 1.54) is 10.6 Å². The van der Waals surface area contributed by atoms with Gasteiger partial charge in [-0.25, -0.2) is 0 Å². The number of ether oxygens (including phenoxy) is 1. The third kappa shape index (κ3) is 10.4. The van der Waals surface area contributed by atoms with Gasteiger partial charge in [-0.2, -0.15) is 0 Å². The Morgan fingerprint density at radius 2 is 1.42 bits per heavy atom. The van der Waals surface area contributed by atoms with Crippen molar-refractivity contribution in [2.75, 3.05) is 0 Å². The van der Waals surface area contributed by atoms with Gasteiger partial charge < -0.3 is 9.53 Å². The van der Waals surface area contributed by atoms with Crippen molar-refractivity contribution in [3.8, 4) is 0 Å². The Morgan fingerprint density at radius 3 is 1.89 bits per heavy atom. The zero-order chi connectivity index (χ0) is 26.5. The number of rotatable bonds is 11. The molecule has 2 aliphatic carbocycles. The first-order valence-electron chi connectivity index (χ1n) is 12.6. The topological polar surface area (TPSA) is 43.4 Å². The molecule has 196 valence electrons. The molecule has 0 amide bonds. The molecule has 4 rings (SSSR count). The Kier molecular flexibility index (Phi) is 15.2. The molecule has 0 unspecified atom stereocenters. The Labute approximate surface area is 242 Å². The van der Waals surface area contributed by atoms with Gasteiger partial charge in [0.2, 0.25) is 0 Å². The SMILES string of the molecule is C=C(C)C[C@H](C[C@H](C)CC=O)OC(=O)[C]1[CH][CH][CH][C]1P(c1ccccc1)c1ccccc1.[CH]1[CH][CH][CH][CH]1.[Fe+2]. The van der Waals surface area contributed by atoms with Crippen molar-refractivity contribution in [1.82, 2.24) is 0 Å². The molecule has 0 heterocycles. The van der Waals surface area contributed by atoms with Gasteiger partial charge in [0.15, 0.2) is 0 Å². The van der Waals surface area contributed by atoms with E-state index < -0.39 is 7.92 Å². The molecule has 0 saturated heterocycles. The van der Waals surface area contributed by atoms with Crippen LogP contribution in [0.3, 0.4) is 0 Å². The molecule has 38 heavy (non-hydrogen) atoms. The summed E-state index contributed by atoms with van der Waals surface area (Å²) in [5.74, 6) is 0.446. The molecule has 2 fully saturated rings. The van der Waals surface area contributed by atoms with Crippen LogP contribution in [-0.4, -0.2) is 18.4 Å². The van der Waals surface area contributed by atoms with Crippen LogP contribution in [0.25, 0.3) is 0 Å². The third-order valence-electron chi connectivity index (χ3n) is 5.85. The normalized spacial score (nSPS) is 17.1. The molecule has 0 N–H and O–H groups in total. The molecule has 5 heteroatoms. The van der Waals surface area contributed by atoms with Gasteiger partial charge >= 0.3 is 23.0 Å². The summed E-state index contributed by atoms with van der Waals surface area (Å²) in [6.07, 6.45) is 18.1. The van der Waals surface area contributed by atoms with Crippen LogP contribution in [0.2, 0.25) is 0 Å². The standard InChI is InChI=1S/C28H30O3P.C5H5.Fe/c1-21(2)19-23(20-22(3)17-18-29)31-28(30)26-15-10-16-27(26)32(24-11-6-4-7-12-24)25-13-8-5-9-14-25;1-2-4-5-3-1;/h4-16,18,22-23H,1,17,19-20H2,2-3H3;1-5H;/q;;+2/t22-,23-;;/m1../s1. The number of aldehydes is 1. The molecular formula is C33H35FeO3P+2. The summed E-state index contributed by atoms with van der Waals surface area (Å²) in [4.78, 5) is 24.2. The third-order valence-corrected chi connectivity index (χ3v) is 8.35. The summed E-state index contributed by atoms with van der Waals surface area (Å²) in [5, 5.41) is 2.37. The zero-order valence-electron chi connectivity index (χ0n) is 22.0. The van der Waals surface area contributed by atoms with Crippen LogP contribution in [0.1, 0.15) is 33.1 Å². The van der Waals surface area contributed by atoms with Crippen LogP contribution in [0.15, 0.2) is 72.8 Å².